The van der Waals surface area contributed by atoms with Crippen molar-refractivity contribution in [3.63, 3.8) is 0 Å². The average Bonchev–Trinajstić information content (AvgIpc) is 2.82. The molecule has 0 radical (unpaired) electrons. The Kier molecular flexibility index (Phi) is 15.3. The van der Waals surface area contributed by atoms with Crippen molar-refractivity contribution in [3.8, 4) is 0 Å². The van der Waals surface area contributed by atoms with Crippen molar-refractivity contribution in [2.45, 2.75) is 10.0 Å². The Bertz CT molecular complexity index is 418. The van der Waals surface area contributed by atoms with Crippen molar-refractivity contribution in [2.24, 2.45) is 0 Å². The summed E-state index contributed by atoms with van der Waals surface area (Å²) in [6.07, 6.45) is 9.57. The molecule has 0 heterocycles. The molecule has 1 aliphatic rings. The van der Waals surface area contributed by atoms with E-state index in [4.69, 9.17) is 0 Å². The van der Waals surface area contributed by atoms with E-state index in [0.717, 1.165) is 3.63 Å². The summed E-state index contributed by atoms with van der Waals surface area (Å²) in [5.74, 6) is 0. The third-order valence-electron chi connectivity index (χ3n) is 2.88. The molecule has 0 amide bonds. The van der Waals surface area contributed by atoms with Gasteiger partial charge in [-0.15, -0.1) is 0 Å². The quantitative estimate of drug-likeness (QED) is 0.318. The largest absolute Gasteiger partial charge is 1.00 e. The first-order chi connectivity index (χ1) is 8.25. The molecule has 5 heteroatoms. The second-order valence-electron chi connectivity index (χ2n) is 4.69. The van der Waals surface area contributed by atoms with Crippen LogP contribution in [0.4, 0.5) is 0 Å². The molecule has 0 aliphatic heterocycles. The number of allylic oxidation sites excluding steroid dienone is 4. The third kappa shape index (κ3) is 8.18. The first-order valence-corrected chi connectivity index (χ1v) is 11.1. The third-order valence-corrected chi connectivity index (χ3v) is 8.82. The molecule has 0 saturated carbocycles. The molecule has 2 rings (SSSR count). The Morgan fingerprint density at radius 2 is 1.75 bits per heavy atom. The first-order valence-electron chi connectivity index (χ1n) is 6.07. The maximum Gasteiger partial charge on any atom is -1.00 e. The van der Waals surface area contributed by atoms with Crippen LogP contribution >= 0.6 is 7.92 Å². The molecule has 1 atom stereocenters. The van der Waals surface area contributed by atoms with E-state index in [1.807, 2.05) is 0 Å². The normalized spacial score (nSPS) is 13.4. The zero-order chi connectivity index (χ0) is 12.1. The van der Waals surface area contributed by atoms with E-state index in [0.29, 0.717) is 0 Å². The van der Waals surface area contributed by atoms with Crippen LogP contribution in [0.5, 0.6) is 0 Å². The minimum atomic E-state index is -0.429. The first kappa shape index (κ1) is 23.7. The van der Waals surface area contributed by atoms with Crippen molar-refractivity contribution in [3.05, 3.63) is 57.4 Å². The molecule has 109 valence electrons. The number of hydrogen-bond acceptors (Lipinski definition) is 0. The zero-order valence-corrected chi connectivity index (χ0v) is 19.8. The van der Waals surface area contributed by atoms with Gasteiger partial charge in [0.15, 0.2) is 0 Å². The molecule has 0 N–H and O–H groups in total. The van der Waals surface area contributed by atoms with Gasteiger partial charge in [0.2, 0.25) is 0 Å². The predicted molar refractivity (Wildman–Crippen MR) is 74.7 cm³/mol. The fourth-order valence-corrected chi connectivity index (χ4v) is 9.50. The SMILES string of the molecule is CP(C)C[CH]([Zr+3][C]1=CC=CC1)c1ccccc1.[Br-].[Br-].[Br-]. The summed E-state index contributed by atoms with van der Waals surface area (Å²) in [5, 5.41) is 0. The van der Waals surface area contributed by atoms with Gasteiger partial charge in [0.25, 0.3) is 0 Å². The van der Waals surface area contributed by atoms with E-state index in [2.05, 4.69) is 61.9 Å². The Balaban J connectivity index is 0. The molecule has 1 aliphatic carbocycles. The molecule has 0 aromatic heterocycles. The number of benzene rings is 1. The van der Waals surface area contributed by atoms with Gasteiger partial charge in [0.05, 0.1) is 0 Å². The van der Waals surface area contributed by atoms with Crippen LogP contribution in [-0.4, -0.2) is 19.5 Å². The summed E-state index contributed by atoms with van der Waals surface area (Å²) in [4.78, 5) is 0. The van der Waals surface area contributed by atoms with Crippen molar-refractivity contribution in [2.75, 3.05) is 19.5 Å². The standard InChI is InChI=1S/C10H14P.C5H5.3BrH.Zr/c1-11(2)9-8-10-6-4-3-5-7-10;1-2-4-5-3-1;;;;/h3-8H,9H2,1-2H3;1-3H,4H2;3*1H;/q;;;;;+3/p-3. The molecule has 0 saturated heterocycles. The van der Waals surface area contributed by atoms with Crippen LogP contribution in [-0.2, 0) is 23.2 Å². The van der Waals surface area contributed by atoms with Crippen molar-refractivity contribution in [1.29, 1.82) is 0 Å². The van der Waals surface area contributed by atoms with Crippen LogP contribution in [0.3, 0.4) is 0 Å². The van der Waals surface area contributed by atoms with Crippen molar-refractivity contribution < 1.29 is 74.2 Å². The van der Waals surface area contributed by atoms with Crippen molar-refractivity contribution >= 4 is 7.92 Å². The molecular formula is C15H19Br3PZr. The molecule has 20 heavy (non-hydrogen) atoms. The fourth-order valence-electron chi connectivity index (χ4n) is 2.06. The van der Waals surface area contributed by atoms with Gasteiger partial charge >= 0.3 is 118 Å². The monoisotopic (exact) mass is 557 g/mol. The fraction of sp³-hybridized carbons (Fsp3) is 0.333. The molecular weight excluding hydrogens is 542 g/mol. The van der Waals surface area contributed by atoms with Gasteiger partial charge in [0.1, 0.15) is 0 Å². The molecule has 0 bridgehead atoms. The predicted octanol–water partition coefficient (Wildman–Crippen LogP) is -4.59. The second-order valence-corrected chi connectivity index (χ2v) is 11.2. The minimum Gasteiger partial charge on any atom is -1.00 e. The summed E-state index contributed by atoms with van der Waals surface area (Å²) in [6, 6.07) is 11.2. The van der Waals surface area contributed by atoms with E-state index in [1.54, 1.807) is 8.84 Å². The zero-order valence-electron chi connectivity index (χ0n) is 11.7. The smallest absolute Gasteiger partial charge is 1.00 e. The van der Waals surface area contributed by atoms with E-state index < -0.39 is 23.2 Å². The van der Waals surface area contributed by atoms with Crippen LogP contribution in [0, 0.1) is 0 Å². The van der Waals surface area contributed by atoms with E-state index in [9.17, 15) is 0 Å². The van der Waals surface area contributed by atoms with E-state index >= 15 is 0 Å². The summed E-state index contributed by atoms with van der Waals surface area (Å²) in [5.41, 5.74) is 1.59. The maximum atomic E-state index is 2.41. The molecule has 0 nitrogen and oxygen atoms in total. The van der Waals surface area contributed by atoms with Gasteiger partial charge in [-0.25, -0.2) is 0 Å². The van der Waals surface area contributed by atoms with E-state index in [-0.39, 0.29) is 58.9 Å². The van der Waals surface area contributed by atoms with Crippen LogP contribution in [0.1, 0.15) is 15.6 Å². The van der Waals surface area contributed by atoms with Crippen LogP contribution in [0.25, 0.3) is 0 Å². The Morgan fingerprint density at radius 3 is 2.25 bits per heavy atom. The Hall–Kier alpha value is 1.45. The molecule has 0 fully saturated rings. The molecule has 0 spiro atoms. The van der Waals surface area contributed by atoms with Gasteiger partial charge in [-0.2, -0.15) is 0 Å². The average molecular weight is 561 g/mol. The Morgan fingerprint density at radius 1 is 1.10 bits per heavy atom. The van der Waals surface area contributed by atoms with E-state index in [1.165, 1.54) is 12.6 Å². The topological polar surface area (TPSA) is 0 Å². The van der Waals surface area contributed by atoms with Gasteiger partial charge < -0.3 is 50.9 Å². The minimum absolute atomic E-state index is 0. The van der Waals surface area contributed by atoms with Crippen LogP contribution in [0.2, 0.25) is 0 Å². The van der Waals surface area contributed by atoms with Gasteiger partial charge in [-0.3, -0.25) is 0 Å². The number of rotatable bonds is 5. The molecule has 1 unspecified atom stereocenters. The molecule has 1 aromatic rings. The number of halogens is 3. The molecule has 1 aromatic carbocycles. The second kappa shape index (κ2) is 12.9. The van der Waals surface area contributed by atoms with Gasteiger partial charge in [-0.1, -0.05) is 0 Å². The Labute approximate surface area is 167 Å². The van der Waals surface area contributed by atoms with Gasteiger partial charge in [-0.05, 0) is 0 Å². The van der Waals surface area contributed by atoms with Crippen molar-refractivity contribution in [1.82, 2.24) is 0 Å². The summed E-state index contributed by atoms with van der Waals surface area (Å²) < 4.78 is 2.64. The summed E-state index contributed by atoms with van der Waals surface area (Å²) in [6.45, 7) is 4.82. The summed E-state index contributed by atoms with van der Waals surface area (Å²) in [7, 11) is 0.211. The van der Waals surface area contributed by atoms with Gasteiger partial charge in [0, 0.05) is 0 Å². The van der Waals surface area contributed by atoms with Crippen LogP contribution in [0.15, 0.2) is 51.8 Å². The van der Waals surface area contributed by atoms with Crippen LogP contribution < -0.4 is 50.9 Å². The summed E-state index contributed by atoms with van der Waals surface area (Å²) >= 11 is -0.429. The number of hydrogen-bond donors (Lipinski definition) is 0. The maximum absolute atomic E-state index is 2.41.